The van der Waals surface area contributed by atoms with E-state index in [9.17, 15) is 18.0 Å². The summed E-state index contributed by atoms with van der Waals surface area (Å²) in [5.41, 5.74) is 5.78. The van der Waals surface area contributed by atoms with Crippen LogP contribution >= 0.6 is 11.6 Å². The lowest BCUT2D eigenvalue weighted by Gasteiger charge is -2.13. The Morgan fingerprint density at radius 2 is 2.05 bits per heavy atom. The fourth-order valence-electron chi connectivity index (χ4n) is 1.45. The monoisotopic (exact) mass is 334 g/mol. The van der Waals surface area contributed by atoms with Crippen LogP contribution in [-0.4, -0.2) is 43.5 Å². The van der Waals surface area contributed by atoms with Gasteiger partial charge in [-0.3, -0.25) is 4.79 Å². The molecule has 116 valence electrons. The highest BCUT2D eigenvalue weighted by Gasteiger charge is 2.17. The Morgan fingerprint density at radius 3 is 2.52 bits per heavy atom. The van der Waals surface area contributed by atoms with Gasteiger partial charge in [-0.05, 0) is 24.6 Å². The molecule has 0 fully saturated rings. The van der Waals surface area contributed by atoms with Gasteiger partial charge in [0.1, 0.15) is 9.84 Å². The summed E-state index contributed by atoms with van der Waals surface area (Å²) in [6.45, 7) is 0. The van der Waals surface area contributed by atoms with Crippen LogP contribution < -0.4 is 11.1 Å². The molecule has 21 heavy (non-hydrogen) atoms. The minimum Gasteiger partial charge on any atom is -0.478 e. The predicted molar refractivity (Wildman–Crippen MR) is 79.3 cm³/mol. The van der Waals surface area contributed by atoms with E-state index in [0.29, 0.717) is 0 Å². The maximum absolute atomic E-state index is 11.8. The molecule has 9 heteroatoms. The van der Waals surface area contributed by atoms with Gasteiger partial charge in [0.25, 0.3) is 0 Å². The van der Waals surface area contributed by atoms with Gasteiger partial charge in [-0.2, -0.15) is 0 Å². The fraction of sp³-hybridized carbons (Fsp3) is 0.333. The molecule has 0 aliphatic carbocycles. The Balaban J connectivity index is 2.72. The first-order valence-electron chi connectivity index (χ1n) is 5.87. The number of aromatic carboxylic acids is 1. The summed E-state index contributed by atoms with van der Waals surface area (Å²) in [4.78, 5) is 22.5. The maximum Gasteiger partial charge on any atom is 0.335 e. The maximum atomic E-state index is 11.8. The fourth-order valence-corrected chi connectivity index (χ4v) is 2.36. The van der Waals surface area contributed by atoms with Gasteiger partial charge in [0.05, 0.1) is 28.1 Å². The number of anilines is 1. The summed E-state index contributed by atoms with van der Waals surface area (Å²) in [6, 6.07) is 2.82. The van der Waals surface area contributed by atoms with Crippen molar-refractivity contribution in [3.8, 4) is 0 Å². The number of rotatable bonds is 6. The van der Waals surface area contributed by atoms with Crippen LogP contribution in [0.15, 0.2) is 18.2 Å². The number of carboxylic acid groups (broad SMARTS) is 1. The second-order valence-electron chi connectivity index (χ2n) is 4.51. The zero-order chi connectivity index (χ0) is 16.2. The topological polar surface area (TPSA) is 127 Å². The van der Waals surface area contributed by atoms with Crippen molar-refractivity contribution >= 4 is 39.0 Å². The number of amides is 1. The molecule has 1 atom stereocenters. The van der Waals surface area contributed by atoms with Crippen LogP contribution in [0.2, 0.25) is 5.02 Å². The minimum absolute atomic E-state index is 0.0145. The molecule has 0 spiro atoms. The summed E-state index contributed by atoms with van der Waals surface area (Å²) in [5.74, 6) is -1.93. The average Bonchev–Trinajstić information content (AvgIpc) is 2.37. The van der Waals surface area contributed by atoms with E-state index in [2.05, 4.69) is 5.32 Å². The molecule has 1 aromatic rings. The summed E-state index contributed by atoms with van der Waals surface area (Å²) in [6.07, 6.45) is 1.04. The van der Waals surface area contributed by atoms with Crippen LogP contribution in [-0.2, 0) is 14.6 Å². The van der Waals surface area contributed by atoms with Crippen LogP contribution in [0.1, 0.15) is 16.8 Å². The lowest BCUT2D eigenvalue weighted by molar-refractivity contribution is -0.117. The molecule has 0 aromatic heterocycles. The molecular weight excluding hydrogens is 320 g/mol. The average molecular weight is 335 g/mol. The van der Waals surface area contributed by atoms with Crippen molar-refractivity contribution in [1.82, 2.24) is 0 Å². The molecular formula is C12H15ClN2O5S. The first-order valence-corrected chi connectivity index (χ1v) is 8.31. The number of carbonyl (C=O) groups is 2. The van der Waals surface area contributed by atoms with E-state index >= 15 is 0 Å². The minimum atomic E-state index is -3.20. The summed E-state index contributed by atoms with van der Waals surface area (Å²) >= 11 is 5.86. The van der Waals surface area contributed by atoms with E-state index in [1.807, 2.05) is 0 Å². The zero-order valence-electron chi connectivity index (χ0n) is 11.2. The number of nitrogens with two attached hydrogens (primary N) is 1. The van der Waals surface area contributed by atoms with E-state index in [1.54, 1.807) is 0 Å². The van der Waals surface area contributed by atoms with Gasteiger partial charge in [-0.1, -0.05) is 11.6 Å². The van der Waals surface area contributed by atoms with Gasteiger partial charge in [0, 0.05) is 6.26 Å². The van der Waals surface area contributed by atoms with Gasteiger partial charge >= 0.3 is 5.97 Å². The summed E-state index contributed by atoms with van der Waals surface area (Å²) in [5, 5.41) is 11.3. The first-order chi connectivity index (χ1) is 9.60. The SMILES string of the molecule is CS(=O)(=O)CCC(N)C(=O)Nc1ccc(C(=O)O)cc1Cl. The Morgan fingerprint density at radius 1 is 1.43 bits per heavy atom. The Kier molecular flexibility index (Phi) is 5.70. The number of halogens is 1. The molecule has 0 aliphatic rings. The summed E-state index contributed by atoms with van der Waals surface area (Å²) in [7, 11) is -3.20. The normalized spacial score (nSPS) is 12.7. The third-order valence-corrected chi connectivity index (χ3v) is 3.90. The quantitative estimate of drug-likeness (QED) is 0.704. The van der Waals surface area contributed by atoms with Crippen molar-refractivity contribution in [2.24, 2.45) is 5.73 Å². The highest BCUT2D eigenvalue weighted by Crippen LogP contribution is 2.23. The molecule has 0 heterocycles. The van der Waals surface area contributed by atoms with Crippen molar-refractivity contribution < 1.29 is 23.1 Å². The Bertz CT molecular complexity index is 660. The van der Waals surface area contributed by atoms with Crippen molar-refractivity contribution in [3.63, 3.8) is 0 Å². The van der Waals surface area contributed by atoms with Crippen LogP contribution in [0, 0.1) is 0 Å². The predicted octanol–water partition coefficient (Wildman–Crippen LogP) is 0.739. The molecule has 0 bridgehead atoms. The van der Waals surface area contributed by atoms with E-state index < -0.39 is 27.8 Å². The van der Waals surface area contributed by atoms with Crippen molar-refractivity contribution in [1.29, 1.82) is 0 Å². The van der Waals surface area contributed by atoms with Gasteiger partial charge in [-0.25, -0.2) is 13.2 Å². The number of hydrogen-bond donors (Lipinski definition) is 3. The van der Waals surface area contributed by atoms with Crippen LogP contribution in [0.4, 0.5) is 5.69 Å². The second kappa shape index (κ2) is 6.88. The molecule has 7 nitrogen and oxygen atoms in total. The van der Waals surface area contributed by atoms with Gasteiger partial charge < -0.3 is 16.2 Å². The highest BCUT2D eigenvalue weighted by molar-refractivity contribution is 7.90. The number of nitrogens with one attached hydrogen (secondary N) is 1. The molecule has 0 saturated heterocycles. The van der Waals surface area contributed by atoms with E-state index in [-0.39, 0.29) is 28.4 Å². The third-order valence-electron chi connectivity index (χ3n) is 2.61. The van der Waals surface area contributed by atoms with Crippen LogP contribution in [0.3, 0.4) is 0 Å². The van der Waals surface area contributed by atoms with Crippen LogP contribution in [0.25, 0.3) is 0 Å². The molecule has 0 saturated carbocycles. The molecule has 0 aliphatic heterocycles. The van der Waals surface area contributed by atoms with Crippen molar-refractivity contribution in [2.45, 2.75) is 12.5 Å². The number of sulfone groups is 1. The van der Waals surface area contributed by atoms with Crippen molar-refractivity contribution in [3.05, 3.63) is 28.8 Å². The molecule has 1 aromatic carbocycles. The number of benzene rings is 1. The van der Waals surface area contributed by atoms with Crippen LogP contribution in [0.5, 0.6) is 0 Å². The number of carboxylic acids is 1. The van der Waals surface area contributed by atoms with Gasteiger partial charge in [0.2, 0.25) is 5.91 Å². The van der Waals surface area contributed by atoms with E-state index in [1.165, 1.54) is 18.2 Å². The lowest BCUT2D eigenvalue weighted by Crippen LogP contribution is -2.37. The molecule has 1 amide bonds. The lowest BCUT2D eigenvalue weighted by atomic mass is 10.2. The van der Waals surface area contributed by atoms with E-state index in [4.69, 9.17) is 22.4 Å². The van der Waals surface area contributed by atoms with E-state index in [0.717, 1.165) is 6.26 Å². The third kappa shape index (κ3) is 5.70. The molecule has 4 N–H and O–H groups in total. The van der Waals surface area contributed by atoms with Gasteiger partial charge in [-0.15, -0.1) is 0 Å². The number of hydrogen-bond acceptors (Lipinski definition) is 5. The van der Waals surface area contributed by atoms with Gasteiger partial charge in [0.15, 0.2) is 0 Å². The number of carbonyl (C=O) groups excluding carboxylic acids is 1. The smallest absolute Gasteiger partial charge is 0.335 e. The summed E-state index contributed by atoms with van der Waals surface area (Å²) < 4.78 is 22.0. The Hall–Kier alpha value is -1.64. The standard InChI is InChI=1S/C12H15ClN2O5S/c1-21(19,20)5-4-9(14)11(16)15-10-3-2-7(12(17)18)6-8(10)13/h2-3,6,9H,4-5,14H2,1H3,(H,15,16)(H,17,18). The Labute approximate surface area is 127 Å². The highest BCUT2D eigenvalue weighted by atomic mass is 35.5. The molecule has 0 radical (unpaired) electrons. The first kappa shape index (κ1) is 17.4. The zero-order valence-corrected chi connectivity index (χ0v) is 12.7. The molecule has 1 rings (SSSR count). The molecule has 1 unspecified atom stereocenters. The second-order valence-corrected chi connectivity index (χ2v) is 7.18. The largest absolute Gasteiger partial charge is 0.478 e. The van der Waals surface area contributed by atoms with Crippen molar-refractivity contribution in [2.75, 3.05) is 17.3 Å².